The zero-order valence-electron chi connectivity index (χ0n) is 6.68. The monoisotopic (exact) mass is 181 g/mol. The molecule has 0 saturated heterocycles. The van der Waals surface area contributed by atoms with E-state index in [4.69, 9.17) is 0 Å². The van der Waals surface area contributed by atoms with Crippen molar-refractivity contribution in [2.24, 2.45) is 0 Å². The van der Waals surface area contributed by atoms with Crippen molar-refractivity contribution in [2.45, 2.75) is 6.92 Å². The van der Waals surface area contributed by atoms with E-state index in [1.165, 1.54) is 6.92 Å². The van der Waals surface area contributed by atoms with Crippen LogP contribution in [0.1, 0.15) is 16.1 Å². The van der Waals surface area contributed by atoms with Crippen molar-refractivity contribution < 1.29 is 14.8 Å². The van der Waals surface area contributed by atoms with Gasteiger partial charge in [0.1, 0.15) is 6.20 Å². The molecule has 0 unspecified atom stereocenters. The Morgan fingerprint density at radius 3 is 2.69 bits per heavy atom. The van der Waals surface area contributed by atoms with Crippen molar-refractivity contribution in [1.29, 1.82) is 0 Å². The predicted molar refractivity (Wildman–Crippen MR) is 40.0 cm³/mol. The van der Waals surface area contributed by atoms with Gasteiger partial charge in [-0.15, -0.1) is 0 Å². The maximum absolute atomic E-state index is 10.4. The molecule has 0 spiro atoms. The lowest BCUT2D eigenvalue weighted by molar-refractivity contribution is -0.385. The average Bonchev–Trinajstić information content (AvgIpc) is 2.04. The Morgan fingerprint density at radius 1 is 1.62 bits per heavy atom. The minimum absolute atomic E-state index is 0.200. The number of hydrogen-bond acceptors (Lipinski definition) is 5. The molecule has 0 amide bonds. The second-order valence-corrected chi connectivity index (χ2v) is 2.37. The van der Waals surface area contributed by atoms with Gasteiger partial charge in [0.15, 0.2) is 0 Å². The summed E-state index contributed by atoms with van der Waals surface area (Å²) < 4.78 is 0. The van der Waals surface area contributed by atoms with Gasteiger partial charge < -0.3 is 9.90 Å². The molecule has 6 heteroatoms. The van der Waals surface area contributed by atoms with Gasteiger partial charge in [0.05, 0.1) is 10.9 Å². The SMILES string of the molecule is Cc1ncc([N+](=O)[O-])cc1C(=O)[O-]. The lowest BCUT2D eigenvalue weighted by Crippen LogP contribution is -2.23. The molecule has 0 bridgehead atoms. The van der Waals surface area contributed by atoms with Gasteiger partial charge >= 0.3 is 0 Å². The minimum atomic E-state index is -1.46. The van der Waals surface area contributed by atoms with Crippen LogP contribution < -0.4 is 5.11 Å². The highest BCUT2D eigenvalue weighted by Gasteiger charge is 2.09. The standard InChI is InChI=1S/C7H6N2O4/c1-4-6(7(10)11)2-5(3-8-4)9(12)13/h2-3H,1H3,(H,10,11)/p-1. The largest absolute Gasteiger partial charge is 0.545 e. The molecule has 0 radical (unpaired) electrons. The van der Waals surface area contributed by atoms with Crippen molar-refractivity contribution in [2.75, 3.05) is 0 Å². The molecule has 0 atom stereocenters. The number of carboxylic acids is 1. The Hall–Kier alpha value is -1.98. The highest BCUT2D eigenvalue weighted by atomic mass is 16.6. The second-order valence-electron chi connectivity index (χ2n) is 2.37. The number of nitro groups is 1. The van der Waals surface area contributed by atoms with Crippen molar-refractivity contribution >= 4 is 11.7 Å². The van der Waals surface area contributed by atoms with E-state index in [9.17, 15) is 20.0 Å². The highest BCUT2D eigenvalue weighted by Crippen LogP contribution is 2.13. The zero-order chi connectivity index (χ0) is 10.0. The number of aromatic carboxylic acids is 1. The van der Waals surface area contributed by atoms with Crippen LogP contribution in [-0.4, -0.2) is 15.9 Å². The molecule has 0 aliphatic heterocycles. The van der Waals surface area contributed by atoms with Crippen LogP contribution >= 0.6 is 0 Å². The molecular formula is C7H5N2O4-. The maximum atomic E-state index is 10.4. The fourth-order valence-corrected chi connectivity index (χ4v) is 0.829. The Labute approximate surface area is 73.0 Å². The first-order chi connectivity index (χ1) is 6.02. The number of aromatic nitrogens is 1. The number of aryl methyl sites for hydroxylation is 1. The summed E-state index contributed by atoms with van der Waals surface area (Å²) >= 11 is 0. The number of hydrogen-bond donors (Lipinski definition) is 0. The molecule has 1 aromatic heterocycles. The van der Waals surface area contributed by atoms with Crippen LogP contribution in [0.5, 0.6) is 0 Å². The van der Waals surface area contributed by atoms with E-state index < -0.39 is 10.9 Å². The van der Waals surface area contributed by atoms with Gasteiger partial charge in [-0.2, -0.15) is 0 Å². The molecule has 1 rings (SSSR count). The first-order valence-electron chi connectivity index (χ1n) is 3.34. The smallest absolute Gasteiger partial charge is 0.288 e. The van der Waals surface area contributed by atoms with Crippen LogP contribution in [-0.2, 0) is 0 Å². The molecule has 0 fully saturated rings. The molecule has 6 nitrogen and oxygen atoms in total. The van der Waals surface area contributed by atoms with Crippen LogP contribution in [0.2, 0.25) is 0 Å². The normalized spacial score (nSPS) is 9.62. The first kappa shape index (κ1) is 9.11. The van der Waals surface area contributed by atoms with E-state index >= 15 is 0 Å². The first-order valence-corrected chi connectivity index (χ1v) is 3.34. The third kappa shape index (κ3) is 1.78. The number of nitrogens with zero attached hydrogens (tertiary/aromatic N) is 2. The van der Waals surface area contributed by atoms with E-state index in [0.717, 1.165) is 12.3 Å². The fourth-order valence-electron chi connectivity index (χ4n) is 0.829. The summed E-state index contributed by atoms with van der Waals surface area (Å²) in [5.41, 5.74) is -0.412. The second kappa shape index (κ2) is 3.18. The molecule has 0 aliphatic carbocycles. The third-order valence-corrected chi connectivity index (χ3v) is 1.50. The Balaban J connectivity index is 3.27. The Kier molecular flexibility index (Phi) is 2.23. The van der Waals surface area contributed by atoms with Gasteiger partial charge in [0, 0.05) is 17.3 Å². The number of rotatable bonds is 2. The highest BCUT2D eigenvalue weighted by molar-refractivity contribution is 5.87. The molecule has 68 valence electrons. The lowest BCUT2D eigenvalue weighted by atomic mass is 10.2. The van der Waals surface area contributed by atoms with E-state index in [0.29, 0.717) is 0 Å². The van der Waals surface area contributed by atoms with Crippen LogP contribution in [0.3, 0.4) is 0 Å². The number of carboxylic acid groups (broad SMARTS) is 1. The summed E-state index contributed by atoms with van der Waals surface area (Å²) in [5.74, 6) is -1.46. The summed E-state index contributed by atoms with van der Waals surface area (Å²) in [6.45, 7) is 1.44. The Bertz CT molecular complexity index is 375. The number of carbonyl (C=O) groups is 1. The predicted octanol–water partition coefficient (Wildman–Crippen LogP) is -0.338. The lowest BCUT2D eigenvalue weighted by Gasteiger charge is -2.04. The maximum Gasteiger partial charge on any atom is 0.288 e. The van der Waals surface area contributed by atoms with Crippen molar-refractivity contribution in [3.63, 3.8) is 0 Å². The van der Waals surface area contributed by atoms with Crippen molar-refractivity contribution in [3.05, 3.63) is 33.6 Å². The summed E-state index contributed by atoms with van der Waals surface area (Å²) in [5, 5.41) is 20.7. The molecule has 1 aromatic rings. The zero-order valence-corrected chi connectivity index (χ0v) is 6.68. The fraction of sp³-hybridized carbons (Fsp3) is 0.143. The molecule has 0 saturated carbocycles. The summed E-state index contributed by atoms with van der Waals surface area (Å²) in [4.78, 5) is 23.5. The van der Waals surface area contributed by atoms with Crippen molar-refractivity contribution in [3.8, 4) is 0 Å². The van der Waals surface area contributed by atoms with Crippen LogP contribution in [0.4, 0.5) is 5.69 Å². The number of pyridine rings is 1. The summed E-state index contributed by atoms with van der Waals surface area (Å²) in [6.07, 6.45) is 1.00. The van der Waals surface area contributed by atoms with Gasteiger partial charge in [-0.05, 0) is 6.92 Å². The van der Waals surface area contributed by atoms with E-state index in [1.807, 2.05) is 0 Å². The van der Waals surface area contributed by atoms with Gasteiger partial charge in [-0.25, -0.2) is 0 Å². The molecular weight excluding hydrogens is 176 g/mol. The molecule has 13 heavy (non-hydrogen) atoms. The van der Waals surface area contributed by atoms with Gasteiger partial charge in [0.2, 0.25) is 0 Å². The quantitative estimate of drug-likeness (QED) is 0.459. The van der Waals surface area contributed by atoms with Crippen molar-refractivity contribution in [1.82, 2.24) is 4.98 Å². The summed E-state index contributed by atoms with van der Waals surface area (Å²) in [6, 6.07) is 0.928. The average molecular weight is 181 g/mol. The van der Waals surface area contributed by atoms with E-state index in [2.05, 4.69) is 4.98 Å². The van der Waals surface area contributed by atoms with Crippen LogP contribution in [0, 0.1) is 17.0 Å². The number of carbonyl (C=O) groups excluding carboxylic acids is 1. The molecule has 0 aliphatic rings. The van der Waals surface area contributed by atoms with E-state index in [1.54, 1.807) is 0 Å². The van der Waals surface area contributed by atoms with E-state index in [-0.39, 0.29) is 16.9 Å². The van der Waals surface area contributed by atoms with Gasteiger partial charge in [-0.3, -0.25) is 15.1 Å². The van der Waals surface area contributed by atoms with Crippen LogP contribution in [0.15, 0.2) is 12.3 Å². The van der Waals surface area contributed by atoms with Crippen LogP contribution in [0.25, 0.3) is 0 Å². The molecule has 0 N–H and O–H groups in total. The van der Waals surface area contributed by atoms with Gasteiger partial charge in [-0.1, -0.05) is 0 Å². The molecule has 0 aromatic carbocycles. The Morgan fingerprint density at radius 2 is 2.23 bits per heavy atom. The third-order valence-electron chi connectivity index (χ3n) is 1.50. The molecule has 1 heterocycles. The summed E-state index contributed by atoms with van der Waals surface area (Å²) in [7, 11) is 0. The topological polar surface area (TPSA) is 96.2 Å². The minimum Gasteiger partial charge on any atom is -0.545 e. The van der Waals surface area contributed by atoms with Gasteiger partial charge in [0.25, 0.3) is 5.69 Å².